The minimum Gasteiger partial charge on any atom is -0.346 e. The molecule has 1 atom stereocenters. The van der Waals surface area contributed by atoms with E-state index in [1.807, 2.05) is 7.05 Å². The summed E-state index contributed by atoms with van der Waals surface area (Å²) in [5, 5.41) is 3.25. The standard InChI is InChI=1S/C13H25N3/c1-6-7-12-10(4)15-13(16-12)11(8-14-5)9(2)3/h9,11,14H,6-8H2,1-5H3,(H,15,16). The Labute approximate surface area is 99.1 Å². The van der Waals surface area contributed by atoms with Gasteiger partial charge in [0.25, 0.3) is 0 Å². The van der Waals surface area contributed by atoms with E-state index in [1.165, 1.54) is 11.4 Å². The maximum atomic E-state index is 4.74. The van der Waals surface area contributed by atoms with Crippen molar-refractivity contribution in [3.05, 3.63) is 17.2 Å². The lowest BCUT2D eigenvalue weighted by Crippen LogP contribution is -2.22. The van der Waals surface area contributed by atoms with Crippen LogP contribution in [0.2, 0.25) is 0 Å². The molecule has 1 rings (SSSR count). The molecule has 0 amide bonds. The molecule has 0 aromatic carbocycles. The molecule has 1 aromatic rings. The molecular formula is C13H25N3. The van der Waals surface area contributed by atoms with Crippen LogP contribution in [-0.4, -0.2) is 23.6 Å². The monoisotopic (exact) mass is 223 g/mol. The molecule has 92 valence electrons. The second-order valence-corrected chi connectivity index (χ2v) is 4.85. The summed E-state index contributed by atoms with van der Waals surface area (Å²) in [4.78, 5) is 8.19. The van der Waals surface area contributed by atoms with Gasteiger partial charge in [-0.25, -0.2) is 4.98 Å². The molecular weight excluding hydrogens is 198 g/mol. The van der Waals surface area contributed by atoms with Gasteiger partial charge in [0.2, 0.25) is 0 Å². The van der Waals surface area contributed by atoms with Gasteiger partial charge in [-0.2, -0.15) is 0 Å². The number of aromatic nitrogens is 2. The zero-order chi connectivity index (χ0) is 12.1. The van der Waals surface area contributed by atoms with Gasteiger partial charge in [-0.1, -0.05) is 27.2 Å². The molecule has 0 spiro atoms. The maximum Gasteiger partial charge on any atom is 0.111 e. The first kappa shape index (κ1) is 13.2. The molecule has 0 aliphatic rings. The molecule has 2 N–H and O–H groups in total. The van der Waals surface area contributed by atoms with Crippen LogP contribution in [0, 0.1) is 12.8 Å². The molecule has 0 radical (unpaired) electrons. The summed E-state index contributed by atoms with van der Waals surface area (Å²) in [6, 6.07) is 0. The highest BCUT2D eigenvalue weighted by Gasteiger charge is 2.19. The van der Waals surface area contributed by atoms with Crippen LogP contribution < -0.4 is 5.32 Å². The molecule has 16 heavy (non-hydrogen) atoms. The van der Waals surface area contributed by atoms with Crippen LogP contribution in [0.3, 0.4) is 0 Å². The third-order valence-corrected chi connectivity index (χ3v) is 3.07. The number of H-pyrrole nitrogens is 1. The summed E-state index contributed by atoms with van der Waals surface area (Å²) >= 11 is 0. The molecule has 3 heteroatoms. The van der Waals surface area contributed by atoms with Crippen molar-refractivity contribution in [2.24, 2.45) is 5.92 Å². The van der Waals surface area contributed by atoms with E-state index >= 15 is 0 Å². The third kappa shape index (κ3) is 3.08. The van der Waals surface area contributed by atoms with Crippen molar-refractivity contribution in [3.63, 3.8) is 0 Å². The number of imidazole rings is 1. The first-order valence-electron chi connectivity index (χ1n) is 6.30. The van der Waals surface area contributed by atoms with Crippen LogP contribution in [0.4, 0.5) is 0 Å². The fraction of sp³-hybridized carbons (Fsp3) is 0.769. The minimum absolute atomic E-state index is 0.481. The van der Waals surface area contributed by atoms with Gasteiger partial charge < -0.3 is 10.3 Å². The Morgan fingerprint density at radius 2 is 2.06 bits per heavy atom. The molecule has 1 heterocycles. The number of rotatable bonds is 6. The summed E-state index contributed by atoms with van der Waals surface area (Å²) in [7, 11) is 2.00. The zero-order valence-corrected chi connectivity index (χ0v) is 11.2. The van der Waals surface area contributed by atoms with Crippen LogP contribution >= 0.6 is 0 Å². The number of hydrogen-bond donors (Lipinski definition) is 2. The number of nitrogens with zero attached hydrogens (tertiary/aromatic N) is 1. The van der Waals surface area contributed by atoms with Gasteiger partial charge in [0.1, 0.15) is 5.82 Å². The Morgan fingerprint density at radius 3 is 2.56 bits per heavy atom. The maximum absolute atomic E-state index is 4.74. The van der Waals surface area contributed by atoms with E-state index in [4.69, 9.17) is 4.98 Å². The lowest BCUT2D eigenvalue weighted by molar-refractivity contribution is 0.460. The first-order valence-corrected chi connectivity index (χ1v) is 6.30. The molecule has 0 fully saturated rings. The van der Waals surface area contributed by atoms with Crippen molar-refractivity contribution in [3.8, 4) is 0 Å². The molecule has 0 bridgehead atoms. The van der Waals surface area contributed by atoms with Crippen molar-refractivity contribution in [1.82, 2.24) is 15.3 Å². The van der Waals surface area contributed by atoms with Gasteiger partial charge in [0, 0.05) is 18.2 Å². The van der Waals surface area contributed by atoms with Gasteiger partial charge >= 0.3 is 0 Å². The van der Waals surface area contributed by atoms with E-state index in [0.29, 0.717) is 11.8 Å². The van der Waals surface area contributed by atoms with E-state index in [-0.39, 0.29) is 0 Å². The minimum atomic E-state index is 0.481. The SMILES string of the molecule is CCCc1nc(C(CNC)C(C)C)[nH]c1C. The van der Waals surface area contributed by atoms with Crippen LogP contribution in [0.1, 0.15) is 50.3 Å². The quantitative estimate of drug-likeness (QED) is 0.778. The molecule has 1 unspecified atom stereocenters. The lowest BCUT2D eigenvalue weighted by atomic mass is 9.95. The Balaban J connectivity index is 2.88. The van der Waals surface area contributed by atoms with E-state index in [2.05, 4.69) is 38.0 Å². The van der Waals surface area contributed by atoms with E-state index in [1.54, 1.807) is 0 Å². The summed E-state index contributed by atoms with van der Waals surface area (Å²) in [6.07, 6.45) is 2.23. The van der Waals surface area contributed by atoms with Crippen molar-refractivity contribution < 1.29 is 0 Å². The second kappa shape index (κ2) is 6.04. The summed E-state index contributed by atoms with van der Waals surface area (Å²) in [5.41, 5.74) is 2.47. The van der Waals surface area contributed by atoms with Crippen LogP contribution in [0.25, 0.3) is 0 Å². The highest BCUT2D eigenvalue weighted by Crippen LogP contribution is 2.22. The van der Waals surface area contributed by atoms with Crippen molar-refractivity contribution >= 4 is 0 Å². The number of aryl methyl sites for hydroxylation is 2. The van der Waals surface area contributed by atoms with Gasteiger partial charge in [-0.05, 0) is 26.3 Å². The van der Waals surface area contributed by atoms with Crippen molar-refractivity contribution in [2.75, 3.05) is 13.6 Å². The first-order chi connectivity index (χ1) is 7.60. The number of hydrogen-bond acceptors (Lipinski definition) is 2. The number of likely N-dealkylation sites (N-methyl/N-ethyl adjacent to an activating group) is 1. The summed E-state index contributed by atoms with van der Waals surface area (Å²) in [5.74, 6) is 2.23. The van der Waals surface area contributed by atoms with Crippen molar-refractivity contribution in [1.29, 1.82) is 0 Å². The molecule has 3 nitrogen and oxygen atoms in total. The molecule has 0 aliphatic heterocycles. The van der Waals surface area contributed by atoms with E-state index in [0.717, 1.165) is 25.2 Å². The lowest BCUT2D eigenvalue weighted by Gasteiger charge is -2.17. The molecule has 0 saturated heterocycles. The molecule has 0 saturated carbocycles. The zero-order valence-electron chi connectivity index (χ0n) is 11.2. The van der Waals surface area contributed by atoms with Crippen LogP contribution in [0.15, 0.2) is 0 Å². The summed E-state index contributed by atoms with van der Waals surface area (Å²) in [6.45, 7) is 9.80. The van der Waals surface area contributed by atoms with Gasteiger partial charge in [-0.3, -0.25) is 0 Å². The Bertz CT molecular complexity index is 315. The second-order valence-electron chi connectivity index (χ2n) is 4.85. The van der Waals surface area contributed by atoms with Crippen molar-refractivity contribution in [2.45, 2.75) is 46.5 Å². The average molecular weight is 223 g/mol. The molecule has 1 aromatic heterocycles. The molecule has 0 aliphatic carbocycles. The number of aromatic amines is 1. The Hall–Kier alpha value is -0.830. The highest BCUT2D eigenvalue weighted by atomic mass is 15.0. The van der Waals surface area contributed by atoms with Crippen LogP contribution in [-0.2, 0) is 6.42 Å². The Kier molecular flexibility index (Phi) is 5.00. The van der Waals surface area contributed by atoms with Gasteiger partial charge in [0.15, 0.2) is 0 Å². The fourth-order valence-corrected chi connectivity index (χ4v) is 2.05. The normalized spacial score (nSPS) is 13.4. The average Bonchev–Trinajstić information content (AvgIpc) is 2.57. The topological polar surface area (TPSA) is 40.7 Å². The smallest absolute Gasteiger partial charge is 0.111 e. The van der Waals surface area contributed by atoms with E-state index < -0.39 is 0 Å². The van der Waals surface area contributed by atoms with Gasteiger partial charge in [-0.15, -0.1) is 0 Å². The third-order valence-electron chi connectivity index (χ3n) is 3.07. The largest absolute Gasteiger partial charge is 0.346 e. The van der Waals surface area contributed by atoms with Crippen LogP contribution in [0.5, 0.6) is 0 Å². The van der Waals surface area contributed by atoms with Gasteiger partial charge in [0.05, 0.1) is 5.69 Å². The number of nitrogens with one attached hydrogen (secondary N) is 2. The fourth-order valence-electron chi connectivity index (χ4n) is 2.05. The Morgan fingerprint density at radius 1 is 1.38 bits per heavy atom. The summed E-state index contributed by atoms with van der Waals surface area (Å²) < 4.78 is 0. The highest BCUT2D eigenvalue weighted by molar-refractivity contribution is 5.16. The predicted molar refractivity (Wildman–Crippen MR) is 68.8 cm³/mol. The van der Waals surface area contributed by atoms with E-state index in [9.17, 15) is 0 Å². The predicted octanol–water partition coefficient (Wildman–Crippen LogP) is 2.63.